The first-order chi connectivity index (χ1) is 7.22. The topological polar surface area (TPSA) is 29.1 Å². The molecule has 0 saturated heterocycles. The van der Waals surface area contributed by atoms with Crippen molar-refractivity contribution in [1.29, 1.82) is 0 Å². The summed E-state index contributed by atoms with van der Waals surface area (Å²) in [5, 5.41) is 2.74. The largest absolute Gasteiger partial charge is 0.326 e. The molecule has 2 nitrogen and oxygen atoms in total. The van der Waals surface area contributed by atoms with Gasteiger partial charge in [-0.1, -0.05) is 12.1 Å². The molecule has 1 aromatic rings. The first-order valence-corrected chi connectivity index (χ1v) is 5.68. The van der Waals surface area contributed by atoms with E-state index in [1.807, 2.05) is 24.3 Å². The van der Waals surface area contributed by atoms with Gasteiger partial charge in [0.05, 0.1) is 0 Å². The van der Waals surface area contributed by atoms with Gasteiger partial charge in [-0.05, 0) is 37.0 Å². The van der Waals surface area contributed by atoms with E-state index in [1.165, 1.54) is 12.5 Å². The van der Waals surface area contributed by atoms with Crippen LogP contribution < -0.4 is 5.32 Å². The summed E-state index contributed by atoms with van der Waals surface area (Å²) in [6, 6.07) is 7.94. The highest BCUT2D eigenvalue weighted by Crippen LogP contribution is 2.11. The van der Waals surface area contributed by atoms with E-state index >= 15 is 0 Å². The zero-order chi connectivity index (χ0) is 11.1. The zero-order valence-electron chi connectivity index (χ0n) is 8.92. The Bertz CT molecular complexity index is 308. The maximum Gasteiger partial charge on any atom is 0.221 e. The van der Waals surface area contributed by atoms with Gasteiger partial charge in [0, 0.05) is 18.5 Å². The molecule has 0 saturated carbocycles. The average Bonchev–Trinajstić information content (AvgIpc) is 2.20. The van der Waals surface area contributed by atoms with Crippen molar-refractivity contribution in [2.75, 3.05) is 11.2 Å². The quantitative estimate of drug-likeness (QED) is 0.605. The second-order valence-electron chi connectivity index (χ2n) is 3.52. The lowest BCUT2D eigenvalue weighted by Gasteiger charge is -2.04. The monoisotopic (exact) mass is 225 g/mol. The van der Waals surface area contributed by atoms with Crippen LogP contribution in [0.15, 0.2) is 24.3 Å². The van der Waals surface area contributed by atoms with Crippen LogP contribution in [0.25, 0.3) is 0 Å². The Morgan fingerprint density at radius 2 is 1.93 bits per heavy atom. The summed E-state index contributed by atoms with van der Waals surface area (Å²) in [5.41, 5.74) is 2.14. The summed E-state index contributed by atoms with van der Waals surface area (Å²) in [6.45, 7) is 1.51. The number of carbonyl (C=O) groups excluding carboxylic acids is 1. The number of hydrogen-bond acceptors (Lipinski definition) is 1. The molecule has 0 spiro atoms. The Balaban J connectivity index is 2.45. The summed E-state index contributed by atoms with van der Waals surface area (Å²) >= 11 is 5.60. The number of halogens is 1. The van der Waals surface area contributed by atoms with Crippen LogP contribution in [-0.2, 0) is 11.2 Å². The summed E-state index contributed by atoms with van der Waals surface area (Å²) in [6.07, 6.45) is 3.21. The highest BCUT2D eigenvalue weighted by Gasteiger charge is 1.96. The summed E-state index contributed by atoms with van der Waals surface area (Å²) < 4.78 is 0. The standard InChI is InChI=1S/C12H16ClNO/c1-10(15)14-12-7-5-11(6-8-12)4-2-3-9-13/h5-8H,2-4,9H2,1H3,(H,14,15). The molecular formula is C12H16ClNO. The molecule has 0 radical (unpaired) electrons. The van der Waals surface area contributed by atoms with Gasteiger partial charge in [-0.2, -0.15) is 0 Å². The van der Waals surface area contributed by atoms with Gasteiger partial charge in [-0.25, -0.2) is 0 Å². The number of aryl methyl sites for hydroxylation is 1. The number of hydrogen-bond donors (Lipinski definition) is 1. The molecule has 0 aliphatic carbocycles. The molecule has 0 aromatic heterocycles. The summed E-state index contributed by atoms with van der Waals surface area (Å²) in [5.74, 6) is 0.689. The number of alkyl halides is 1. The van der Waals surface area contributed by atoms with Crippen LogP contribution in [0.1, 0.15) is 25.3 Å². The van der Waals surface area contributed by atoms with Gasteiger partial charge in [0.1, 0.15) is 0 Å². The minimum Gasteiger partial charge on any atom is -0.326 e. The predicted molar refractivity (Wildman–Crippen MR) is 64.4 cm³/mol. The maximum absolute atomic E-state index is 10.8. The minimum absolute atomic E-state index is 0.0371. The molecule has 0 heterocycles. The molecule has 0 atom stereocenters. The van der Waals surface area contributed by atoms with Crippen LogP contribution in [-0.4, -0.2) is 11.8 Å². The number of rotatable bonds is 5. The second kappa shape index (κ2) is 6.46. The van der Waals surface area contributed by atoms with E-state index in [0.29, 0.717) is 0 Å². The van der Waals surface area contributed by atoms with Crippen LogP contribution >= 0.6 is 11.6 Å². The van der Waals surface area contributed by atoms with Crippen molar-refractivity contribution >= 4 is 23.2 Å². The third kappa shape index (κ3) is 4.84. The molecule has 82 valence electrons. The molecule has 15 heavy (non-hydrogen) atoms. The van der Waals surface area contributed by atoms with E-state index in [4.69, 9.17) is 11.6 Å². The zero-order valence-corrected chi connectivity index (χ0v) is 9.68. The number of nitrogens with one attached hydrogen (secondary N) is 1. The Hall–Kier alpha value is -1.02. The fraction of sp³-hybridized carbons (Fsp3) is 0.417. The number of anilines is 1. The second-order valence-corrected chi connectivity index (χ2v) is 3.90. The van der Waals surface area contributed by atoms with Gasteiger partial charge in [0.2, 0.25) is 5.91 Å². The highest BCUT2D eigenvalue weighted by atomic mass is 35.5. The maximum atomic E-state index is 10.8. The van der Waals surface area contributed by atoms with Gasteiger partial charge in [0.25, 0.3) is 0 Å². The number of unbranched alkanes of at least 4 members (excludes halogenated alkanes) is 1. The van der Waals surface area contributed by atoms with Crippen molar-refractivity contribution in [3.8, 4) is 0 Å². The van der Waals surface area contributed by atoms with Crippen LogP contribution in [0.3, 0.4) is 0 Å². The smallest absolute Gasteiger partial charge is 0.221 e. The number of amides is 1. The van der Waals surface area contributed by atoms with E-state index in [2.05, 4.69) is 5.32 Å². The van der Waals surface area contributed by atoms with Crippen LogP contribution in [0.5, 0.6) is 0 Å². The molecule has 1 rings (SSSR count). The summed E-state index contributed by atoms with van der Waals surface area (Å²) in [4.78, 5) is 10.8. The third-order valence-corrected chi connectivity index (χ3v) is 2.39. The normalized spacial score (nSPS) is 10.0. The summed E-state index contributed by atoms with van der Waals surface area (Å²) in [7, 11) is 0. The molecule has 1 amide bonds. The van der Waals surface area contributed by atoms with Gasteiger partial charge in [-0.3, -0.25) is 4.79 Å². The van der Waals surface area contributed by atoms with Gasteiger partial charge < -0.3 is 5.32 Å². The molecule has 0 aliphatic rings. The Kier molecular flexibility index (Phi) is 5.19. The van der Waals surface area contributed by atoms with Crippen molar-refractivity contribution < 1.29 is 4.79 Å². The first kappa shape index (κ1) is 12.1. The van der Waals surface area contributed by atoms with E-state index in [-0.39, 0.29) is 5.91 Å². The lowest BCUT2D eigenvalue weighted by Crippen LogP contribution is -2.05. The molecule has 1 aromatic carbocycles. The van der Waals surface area contributed by atoms with Crippen molar-refractivity contribution in [3.05, 3.63) is 29.8 Å². The van der Waals surface area contributed by atoms with Gasteiger partial charge in [0.15, 0.2) is 0 Å². The lowest BCUT2D eigenvalue weighted by atomic mass is 10.1. The molecule has 0 bridgehead atoms. The average molecular weight is 226 g/mol. The minimum atomic E-state index is -0.0371. The fourth-order valence-electron chi connectivity index (χ4n) is 1.38. The molecular weight excluding hydrogens is 210 g/mol. The Morgan fingerprint density at radius 3 is 2.47 bits per heavy atom. The number of carbonyl (C=O) groups is 1. The first-order valence-electron chi connectivity index (χ1n) is 5.15. The molecule has 0 aliphatic heterocycles. The van der Waals surface area contributed by atoms with Gasteiger partial charge >= 0.3 is 0 Å². The van der Waals surface area contributed by atoms with E-state index in [1.54, 1.807) is 0 Å². The molecule has 1 N–H and O–H groups in total. The SMILES string of the molecule is CC(=O)Nc1ccc(CCCCCl)cc1. The van der Waals surface area contributed by atoms with Crippen LogP contribution in [0.2, 0.25) is 0 Å². The van der Waals surface area contributed by atoms with Crippen LogP contribution in [0, 0.1) is 0 Å². The van der Waals surface area contributed by atoms with Gasteiger partial charge in [-0.15, -0.1) is 11.6 Å². The van der Waals surface area contributed by atoms with Crippen molar-refractivity contribution in [3.63, 3.8) is 0 Å². The van der Waals surface area contributed by atoms with Crippen molar-refractivity contribution in [2.45, 2.75) is 26.2 Å². The molecule has 0 unspecified atom stereocenters. The lowest BCUT2D eigenvalue weighted by molar-refractivity contribution is -0.114. The van der Waals surface area contributed by atoms with Crippen molar-refractivity contribution in [1.82, 2.24) is 0 Å². The fourth-order valence-corrected chi connectivity index (χ4v) is 1.57. The third-order valence-electron chi connectivity index (χ3n) is 2.12. The van der Waals surface area contributed by atoms with Crippen molar-refractivity contribution in [2.24, 2.45) is 0 Å². The molecule has 0 fully saturated rings. The Morgan fingerprint density at radius 1 is 1.27 bits per heavy atom. The Labute approximate surface area is 95.6 Å². The number of benzene rings is 1. The van der Waals surface area contributed by atoms with E-state index in [0.717, 1.165) is 30.8 Å². The highest BCUT2D eigenvalue weighted by molar-refractivity contribution is 6.17. The molecule has 3 heteroatoms. The van der Waals surface area contributed by atoms with Crippen LogP contribution in [0.4, 0.5) is 5.69 Å². The van der Waals surface area contributed by atoms with E-state index < -0.39 is 0 Å². The predicted octanol–water partition coefficient (Wildman–Crippen LogP) is 3.21. The van der Waals surface area contributed by atoms with E-state index in [9.17, 15) is 4.79 Å².